The van der Waals surface area contributed by atoms with Gasteiger partial charge in [0.15, 0.2) is 0 Å². The first-order chi connectivity index (χ1) is 10.1. The average Bonchev–Trinajstić information content (AvgIpc) is 3.04. The minimum absolute atomic E-state index is 0.244. The number of rotatable bonds is 4. The van der Waals surface area contributed by atoms with E-state index in [9.17, 15) is 4.39 Å². The maximum absolute atomic E-state index is 12.9. The van der Waals surface area contributed by atoms with Gasteiger partial charge in [-0.05, 0) is 37.6 Å². The second-order valence-corrected chi connectivity index (χ2v) is 4.80. The molecule has 0 aliphatic rings. The Morgan fingerprint density at radius 1 is 1.19 bits per heavy atom. The Morgan fingerprint density at radius 3 is 2.62 bits per heavy atom. The number of benzene rings is 1. The van der Waals surface area contributed by atoms with E-state index >= 15 is 0 Å². The molecule has 0 bridgehead atoms. The Bertz CT molecular complexity index is 743. The van der Waals surface area contributed by atoms with Gasteiger partial charge in [0.25, 0.3) is 5.95 Å². The molecule has 0 aliphatic heterocycles. The van der Waals surface area contributed by atoms with Gasteiger partial charge in [-0.2, -0.15) is 5.10 Å². The van der Waals surface area contributed by atoms with Crippen LogP contribution in [0.1, 0.15) is 17.0 Å². The van der Waals surface area contributed by atoms with Crippen molar-refractivity contribution in [3.63, 3.8) is 0 Å². The lowest BCUT2D eigenvalue weighted by atomic mass is 10.2. The second-order valence-electron chi connectivity index (χ2n) is 4.80. The molecule has 1 N–H and O–H groups in total. The maximum atomic E-state index is 12.9. The molecule has 0 aliphatic carbocycles. The van der Waals surface area contributed by atoms with E-state index in [2.05, 4.69) is 20.7 Å². The first-order valence-electron chi connectivity index (χ1n) is 6.55. The largest absolute Gasteiger partial charge is 0.317 e. The molecule has 0 amide bonds. The highest BCUT2D eigenvalue weighted by Crippen LogP contribution is 2.09. The summed E-state index contributed by atoms with van der Waals surface area (Å²) in [4.78, 5) is 0. The lowest BCUT2D eigenvalue weighted by Gasteiger charge is -2.10. The van der Waals surface area contributed by atoms with Gasteiger partial charge in [0, 0.05) is 5.69 Å². The van der Waals surface area contributed by atoms with E-state index in [1.807, 2.05) is 19.9 Å². The average molecular weight is 286 g/mol. The second kappa shape index (κ2) is 5.35. The van der Waals surface area contributed by atoms with Crippen LogP contribution >= 0.6 is 0 Å². The molecular weight excluding hydrogens is 271 g/mol. The first kappa shape index (κ1) is 13.3. The molecule has 2 aromatic heterocycles. The van der Waals surface area contributed by atoms with Gasteiger partial charge >= 0.3 is 0 Å². The van der Waals surface area contributed by atoms with Gasteiger partial charge in [-0.1, -0.05) is 12.1 Å². The molecule has 0 unspecified atom stereocenters. The molecule has 3 rings (SSSR count). The normalized spacial score (nSPS) is 10.8. The summed E-state index contributed by atoms with van der Waals surface area (Å²) in [6, 6.07) is 8.31. The van der Waals surface area contributed by atoms with Gasteiger partial charge in [0.1, 0.15) is 12.1 Å². The Morgan fingerprint density at radius 2 is 1.95 bits per heavy atom. The molecule has 0 radical (unpaired) electrons. The molecule has 7 heteroatoms. The predicted octanol–water partition coefficient (Wildman–Crippen LogP) is 1.96. The van der Waals surface area contributed by atoms with Crippen LogP contribution in [0.2, 0.25) is 0 Å². The minimum Gasteiger partial charge on any atom is -0.317 e. The predicted molar refractivity (Wildman–Crippen MR) is 76.1 cm³/mol. The number of hydrogen-bond donors (Lipinski definition) is 1. The molecule has 21 heavy (non-hydrogen) atoms. The Labute approximate surface area is 121 Å². The van der Waals surface area contributed by atoms with Crippen molar-refractivity contribution in [2.75, 3.05) is 5.43 Å². The van der Waals surface area contributed by atoms with Gasteiger partial charge in [0.05, 0.1) is 12.2 Å². The third-order valence-electron chi connectivity index (χ3n) is 3.10. The Hall–Kier alpha value is -2.70. The number of aryl methyl sites for hydroxylation is 2. The van der Waals surface area contributed by atoms with Gasteiger partial charge in [0.2, 0.25) is 0 Å². The Balaban J connectivity index is 1.80. The molecule has 0 atom stereocenters. The highest BCUT2D eigenvalue weighted by Gasteiger charge is 2.10. The van der Waals surface area contributed by atoms with Crippen LogP contribution in [0, 0.1) is 19.7 Å². The van der Waals surface area contributed by atoms with Crippen molar-refractivity contribution >= 4 is 0 Å². The fourth-order valence-electron chi connectivity index (χ4n) is 2.09. The van der Waals surface area contributed by atoms with Crippen molar-refractivity contribution in [3.05, 3.63) is 59.4 Å². The van der Waals surface area contributed by atoms with Crippen molar-refractivity contribution < 1.29 is 4.39 Å². The van der Waals surface area contributed by atoms with E-state index in [1.165, 1.54) is 12.1 Å². The molecule has 1 aromatic carbocycles. The lowest BCUT2D eigenvalue weighted by molar-refractivity contribution is 0.626. The summed E-state index contributed by atoms with van der Waals surface area (Å²) in [6.07, 6.45) is 1.58. The fourth-order valence-corrected chi connectivity index (χ4v) is 2.09. The van der Waals surface area contributed by atoms with E-state index in [-0.39, 0.29) is 5.82 Å². The van der Waals surface area contributed by atoms with Crippen LogP contribution in [0.3, 0.4) is 0 Å². The van der Waals surface area contributed by atoms with Crippen molar-refractivity contribution in [3.8, 4) is 5.95 Å². The fraction of sp³-hybridized carbons (Fsp3) is 0.214. The number of hydrogen-bond acceptors (Lipinski definition) is 4. The van der Waals surface area contributed by atoms with Crippen LogP contribution in [0.15, 0.2) is 36.7 Å². The van der Waals surface area contributed by atoms with Gasteiger partial charge in [-0.3, -0.25) is 0 Å². The highest BCUT2D eigenvalue weighted by atomic mass is 19.1. The third-order valence-corrected chi connectivity index (χ3v) is 3.10. The van der Waals surface area contributed by atoms with E-state index in [0.717, 1.165) is 17.0 Å². The zero-order valence-electron chi connectivity index (χ0n) is 11.8. The van der Waals surface area contributed by atoms with Crippen molar-refractivity contribution in [1.29, 1.82) is 0 Å². The number of nitrogens with one attached hydrogen (secondary N) is 1. The summed E-state index contributed by atoms with van der Waals surface area (Å²) in [5.74, 6) is 0.342. The smallest absolute Gasteiger partial charge is 0.270 e. The molecule has 0 saturated carbocycles. The topological polar surface area (TPSA) is 60.6 Å². The molecule has 3 aromatic rings. The van der Waals surface area contributed by atoms with Crippen molar-refractivity contribution in [2.24, 2.45) is 0 Å². The molecule has 6 nitrogen and oxygen atoms in total. The number of halogens is 1. The van der Waals surface area contributed by atoms with Crippen LogP contribution in [0.5, 0.6) is 0 Å². The summed E-state index contributed by atoms with van der Waals surface area (Å²) in [7, 11) is 0. The lowest BCUT2D eigenvalue weighted by Crippen LogP contribution is -2.18. The molecule has 2 heterocycles. The van der Waals surface area contributed by atoms with Crippen molar-refractivity contribution in [1.82, 2.24) is 24.7 Å². The maximum Gasteiger partial charge on any atom is 0.270 e. The zero-order chi connectivity index (χ0) is 14.8. The van der Waals surface area contributed by atoms with Crippen LogP contribution in [-0.2, 0) is 6.54 Å². The summed E-state index contributed by atoms with van der Waals surface area (Å²) in [5.41, 5.74) is 6.03. The van der Waals surface area contributed by atoms with Gasteiger partial charge < -0.3 is 5.43 Å². The number of nitrogens with zero attached hydrogens (tertiary/aromatic N) is 5. The summed E-state index contributed by atoms with van der Waals surface area (Å²) >= 11 is 0. The minimum atomic E-state index is -0.244. The molecule has 0 fully saturated rings. The Kier molecular flexibility index (Phi) is 3.39. The first-order valence-corrected chi connectivity index (χ1v) is 6.55. The zero-order valence-corrected chi connectivity index (χ0v) is 11.8. The third kappa shape index (κ3) is 2.76. The van der Waals surface area contributed by atoms with Crippen LogP contribution in [-0.4, -0.2) is 24.7 Å². The standard InChI is InChI=1S/C14H15FN6/c1-10-7-11(2)21(19-10)14-18-16-9-20(14)17-8-12-3-5-13(15)6-4-12/h3-7,9,17H,8H2,1-2H3. The van der Waals surface area contributed by atoms with E-state index in [0.29, 0.717) is 12.5 Å². The molecular formula is C14H15FN6. The molecule has 0 saturated heterocycles. The monoisotopic (exact) mass is 286 g/mol. The van der Waals surface area contributed by atoms with Crippen LogP contribution in [0.4, 0.5) is 4.39 Å². The van der Waals surface area contributed by atoms with Gasteiger partial charge in [-0.25, -0.2) is 13.7 Å². The molecule has 108 valence electrons. The quantitative estimate of drug-likeness (QED) is 0.796. The summed E-state index contributed by atoms with van der Waals surface area (Å²) < 4.78 is 16.3. The van der Waals surface area contributed by atoms with E-state index in [1.54, 1.807) is 27.8 Å². The van der Waals surface area contributed by atoms with E-state index < -0.39 is 0 Å². The van der Waals surface area contributed by atoms with Gasteiger partial charge in [-0.15, -0.1) is 10.2 Å². The van der Waals surface area contributed by atoms with E-state index in [4.69, 9.17) is 0 Å². The highest BCUT2D eigenvalue weighted by molar-refractivity contribution is 5.21. The summed E-state index contributed by atoms with van der Waals surface area (Å²) in [6.45, 7) is 4.42. The van der Waals surface area contributed by atoms with Crippen molar-refractivity contribution in [2.45, 2.75) is 20.4 Å². The molecule has 0 spiro atoms. The SMILES string of the molecule is Cc1cc(C)n(-c2nncn2NCc2ccc(F)cc2)n1. The number of aromatic nitrogens is 5. The van der Waals surface area contributed by atoms with Crippen LogP contribution in [0.25, 0.3) is 5.95 Å². The summed E-state index contributed by atoms with van der Waals surface area (Å²) in [5, 5.41) is 12.4. The van der Waals surface area contributed by atoms with Crippen LogP contribution < -0.4 is 5.43 Å².